The minimum atomic E-state index is -2.09. The molecule has 0 fully saturated rings. The highest BCUT2D eigenvalue weighted by Crippen LogP contribution is 2.05. The van der Waals surface area contributed by atoms with Gasteiger partial charge in [-0.15, -0.1) is 0 Å². The number of hydrogen-bond donors (Lipinski definition) is 4. The number of esters is 1. The van der Waals surface area contributed by atoms with Crippen molar-refractivity contribution in [3.05, 3.63) is 0 Å². The van der Waals surface area contributed by atoms with Crippen LogP contribution < -0.4 is 0 Å². The molecule has 15 heavy (non-hydrogen) atoms. The molecule has 0 aromatic carbocycles. The molecule has 0 aliphatic rings. The highest BCUT2D eigenvalue weighted by molar-refractivity contribution is 5.75. The van der Waals surface area contributed by atoms with Gasteiger partial charge in [-0.05, 0) is 6.90 Å². The van der Waals surface area contributed by atoms with Crippen molar-refractivity contribution in [2.45, 2.75) is 31.3 Å². The summed E-state index contributed by atoms with van der Waals surface area (Å²) in [6.07, 6.45) is -8.07. The van der Waals surface area contributed by atoms with Crippen LogP contribution in [-0.2, 0) is 14.3 Å². The molecule has 0 aliphatic carbocycles. The lowest BCUT2D eigenvalue weighted by atomic mass is 10.0. The van der Waals surface area contributed by atoms with Crippen LogP contribution in [0.3, 0.4) is 0 Å². The van der Waals surface area contributed by atoms with Crippen molar-refractivity contribution in [3.8, 4) is 0 Å². The van der Waals surface area contributed by atoms with Gasteiger partial charge in [0.05, 0.1) is 6.61 Å². The van der Waals surface area contributed by atoms with Crippen LogP contribution in [0.15, 0.2) is 0 Å². The first-order chi connectivity index (χ1) is 7.45. The number of ether oxygens (including phenoxy) is 1. The molecule has 7 heteroatoms. The summed E-state index contributed by atoms with van der Waals surface area (Å²) in [5.74, 6) is -1.24. The smallest absolute Gasteiger partial charge is 0.337 e. The molecule has 0 aromatic rings. The molecule has 4 N–H and O–H groups in total. The van der Waals surface area contributed by atoms with E-state index in [1.54, 1.807) is 0 Å². The maximum Gasteiger partial charge on any atom is 0.337 e. The van der Waals surface area contributed by atoms with Crippen molar-refractivity contribution >= 4 is 12.3 Å². The predicted molar refractivity (Wildman–Crippen MR) is 46.7 cm³/mol. The maximum absolute atomic E-state index is 11.0. The number of aldehydes is 1. The molecule has 88 valence electrons. The van der Waals surface area contributed by atoms with Gasteiger partial charge >= 0.3 is 5.97 Å². The minimum absolute atomic E-state index is 0.0459. The van der Waals surface area contributed by atoms with Crippen molar-refractivity contribution < 1.29 is 36.1 Å². The summed E-state index contributed by atoms with van der Waals surface area (Å²) < 4.78 is 11.0. The molecular weight excluding hydrogens is 208 g/mol. The van der Waals surface area contributed by atoms with Crippen LogP contribution in [0.25, 0.3) is 0 Å². The van der Waals surface area contributed by atoms with Crippen LogP contribution in [0.1, 0.15) is 8.27 Å². The summed E-state index contributed by atoms with van der Waals surface area (Å²) in [5, 5.41) is 36.3. The van der Waals surface area contributed by atoms with E-state index in [1.807, 2.05) is 0 Å². The summed E-state index contributed by atoms with van der Waals surface area (Å²) in [6.45, 7) is -0.483. The highest BCUT2D eigenvalue weighted by atomic mass is 16.5. The number of hydrogen-bond acceptors (Lipinski definition) is 7. The van der Waals surface area contributed by atoms with Gasteiger partial charge in [-0.3, -0.25) is 0 Å². The highest BCUT2D eigenvalue weighted by Gasteiger charge is 2.34. The Balaban J connectivity index is 4.30. The van der Waals surface area contributed by atoms with Gasteiger partial charge in [0, 0.05) is 1.37 Å². The monoisotopic (exact) mass is 223 g/mol. The Labute approximate surface area is 87.3 Å². The van der Waals surface area contributed by atoms with Crippen LogP contribution in [0.4, 0.5) is 0 Å². The molecule has 0 heterocycles. The number of rotatable bonds is 6. The average molecular weight is 223 g/mol. The minimum Gasteiger partial charge on any atom is -0.464 e. The average Bonchev–Trinajstić information content (AvgIpc) is 2.31. The number of aliphatic hydroxyl groups is 4. The third kappa shape index (κ3) is 3.92. The Morgan fingerprint density at radius 2 is 2.00 bits per heavy atom. The second kappa shape index (κ2) is 6.46. The molecule has 7 nitrogen and oxygen atoms in total. The van der Waals surface area contributed by atoms with Gasteiger partial charge in [0.15, 0.2) is 12.4 Å². The molecule has 0 saturated heterocycles. The second-order valence-corrected chi connectivity index (χ2v) is 2.72. The molecule has 4 atom stereocenters. The summed E-state index contributed by atoms with van der Waals surface area (Å²) >= 11 is 0. The molecule has 0 unspecified atom stereocenters. The molecule has 0 radical (unpaired) electrons. The van der Waals surface area contributed by atoms with Crippen molar-refractivity contribution in [2.24, 2.45) is 0 Å². The fourth-order valence-electron chi connectivity index (χ4n) is 0.795. The molecule has 0 amide bonds. The van der Waals surface area contributed by atoms with Crippen molar-refractivity contribution in [1.29, 1.82) is 0 Å². The topological polar surface area (TPSA) is 124 Å². The third-order valence-corrected chi connectivity index (χ3v) is 1.65. The lowest BCUT2D eigenvalue weighted by Crippen LogP contribution is -2.48. The zero-order valence-corrected chi connectivity index (χ0v) is 7.81. The number of aliphatic hydroxyl groups excluding tert-OH is 4. The molecule has 0 aromatic heterocycles. The first-order valence-corrected chi connectivity index (χ1v) is 4.09. The second-order valence-electron chi connectivity index (χ2n) is 2.72. The van der Waals surface area contributed by atoms with Gasteiger partial charge in [0.25, 0.3) is 0 Å². The quantitative estimate of drug-likeness (QED) is 0.283. The molecule has 0 saturated carbocycles. The molecule has 0 aliphatic heterocycles. The largest absolute Gasteiger partial charge is 0.464 e. The van der Waals surface area contributed by atoms with Crippen LogP contribution in [0, 0.1) is 0 Å². The van der Waals surface area contributed by atoms with E-state index in [0.29, 0.717) is 0 Å². The number of carbonyl (C=O) groups excluding carboxylic acids is 2. The molecule has 0 rings (SSSR count). The fourth-order valence-corrected chi connectivity index (χ4v) is 0.795. The van der Waals surface area contributed by atoms with E-state index in [-0.39, 0.29) is 19.8 Å². The van der Waals surface area contributed by atoms with Crippen molar-refractivity contribution in [1.82, 2.24) is 0 Å². The van der Waals surface area contributed by atoms with Crippen molar-refractivity contribution in [2.75, 3.05) is 6.61 Å². The third-order valence-electron chi connectivity index (χ3n) is 1.65. The van der Waals surface area contributed by atoms with Gasteiger partial charge < -0.3 is 30.0 Å². The first-order valence-electron chi connectivity index (χ1n) is 4.79. The van der Waals surface area contributed by atoms with E-state index in [0.717, 1.165) is 0 Å². The van der Waals surface area contributed by atoms with Gasteiger partial charge in [-0.2, -0.15) is 0 Å². The van der Waals surface area contributed by atoms with E-state index < -0.39 is 30.4 Å². The fraction of sp³-hybridized carbons (Fsp3) is 0.750. The number of carbonyl (C=O) groups is 2. The molecule has 0 bridgehead atoms. The Bertz CT molecular complexity index is 234. The summed E-state index contributed by atoms with van der Waals surface area (Å²) in [7, 11) is 0. The normalized spacial score (nSPS) is 19.6. The van der Waals surface area contributed by atoms with E-state index >= 15 is 0 Å². The standard InChI is InChI=1S/C8H14O7/c1-2-15-8(14)7(13)6(12)5(11)4(10)3-9/h3-7,10-13H,2H2,1H3/t4-,5+,6+,7-/m0/s1/i1D. The van der Waals surface area contributed by atoms with E-state index in [2.05, 4.69) is 4.74 Å². The summed E-state index contributed by atoms with van der Waals surface area (Å²) in [6, 6.07) is 0. The zero-order chi connectivity index (χ0) is 12.7. The lowest BCUT2D eigenvalue weighted by Gasteiger charge is -2.22. The van der Waals surface area contributed by atoms with E-state index in [1.165, 1.54) is 0 Å². The summed E-state index contributed by atoms with van der Waals surface area (Å²) in [4.78, 5) is 21.0. The molecule has 0 spiro atoms. The van der Waals surface area contributed by atoms with Crippen molar-refractivity contribution in [3.63, 3.8) is 0 Å². The van der Waals surface area contributed by atoms with Gasteiger partial charge in [0.1, 0.15) is 18.3 Å². The Morgan fingerprint density at radius 1 is 1.40 bits per heavy atom. The van der Waals surface area contributed by atoms with Crippen LogP contribution in [-0.4, -0.2) is 63.7 Å². The lowest BCUT2D eigenvalue weighted by molar-refractivity contribution is -0.169. The zero-order valence-electron chi connectivity index (χ0n) is 8.81. The maximum atomic E-state index is 11.0. The Hall–Kier alpha value is -1.02. The Kier molecular flexibility index (Phi) is 5.19. The van der Waals surface area contributed by atoms with Crippen LogP contribution in [0.5, 0.6) is 0 Å². The summed E-state index contributed by atoms with van der Waals surface area (Å²) in [5.41, 5.74) is 0. The van der Waals surface area contributed by atoms with E-state index in [4.69, 9.17) is 16.7 Å². The van der Waals surface area contributed by atoms with Gasteiger partial charge in [0.2, 0.25) is 0 Å². The molecular formula is C8H14O7. The van der Waals surface area contributed by atoms with Gasteiger partial charge in [-0.25, -0.2) is 4.79 Å². The van der Waals surface area contributed by atoms with Crippen LogP contribution in [0.2, 0.25) is 0 Å². The van der Waals surface area contributed by atoms with Crippen LogP contribution >= 0.6 is 0 Å². The predicted octanol–water partition coefficient (Wildman–Crippen LogP) is -2.81. The van der Waals surface area contributed by atoms with E-state index in [9.17, 15) is 14.7 Å². The van der Waals surface area contributed by atoms with Gasteiger partial charge in [-0.1, -0.05) is 0 Å². The first kappa shape index (κ1) is 12.1. The SMILES string of the molecule is [2H]CCOC(=O)[C@@H](O)[C@H](O)[C@H](O)[C@@H](O)C=O. The Morgan fingerprint density at radius 3 is 2.47 bits per heavy atom.